The maximum atomic E-state index is 13.5. The van der Waals surface area contributed by atoms with Gasteiger partial charge in [-0.05, 0) is 29.8 Å². The van der Waals surface area contributed by atoms with E-state index in [9.17, 15) is 4.39 Å². The number of thiophene rings is 1. The molecule has 0 unspecified atom stereocenters. The van der Waals surface area contributed by atoms with E-state index in [1.807, 2.05) is 18.4 Å². The molecule has 0 aliphatic carbocycles. The molecule has 4 heteroatoms. The highest BCUT2D eigenvalue weighted by Gasteiger charge is 2.13. The zero-order valence-corrected chi connectivity index (χ0v) is 9.08. The molecule has 0 saturated heterocycles. The fraction of sp³-hybridized carbons (Fsp3) is 0.200. The van der Waals surface area contributed by atoms with Gasteiger partial charge in [0.1, 0.15) is 0 Å². The summed E-state index contributed by atoms with van der Waals surface area (Å²) in [6.07, 6.45) is 0. The maximum absolute atomic E-state index is 13.5. The SMILES string of the molecule is CCOc1cc2ccsc2c(Cl)c1F. The van der Waals surface area contributed by atoms with Crippen molar-refractivity contribution in [2.24, 2.45) is 0 Å². The molecule has 0 radical (unpaired) electrons. The zero-order valence-electron chi connectivity index (χ0n) is 7.51. The van der Waals surface area contributed by atoms with E-state index in [2.05, 4.69) is 0 Å². The summed E-state index contributed by atoms with van der Waals surface area (Å²) in [5, 5.41) is 2.96. The van der Waals surface area contributed by atoms with Crippen LogP contribution in [0.3, 0.4) is 0 Å². The van der Waals surface area contributed by atoms with Crippen LogP contribution in [0.2, 0.25) is 5.02 Å². The van der Waals surface area contributed by atoms with Gasteiger partial charge >= 0.3 is 0 Å². The molecule has 14 heavy (non-hydrogen) atoms. The summed E-state index contributed by atoms with van der Waals surface area (Å²) in [7, 11) is 0. The standard InChI is InChI=1S/C10H8ClFOS/c1-2-13-7-5-6-3-4-14-10(6)8(11)9(7)12/h3-5H,2H2,1H3. The molecular formula is C10H8ClFOS. The van der Waals surface area contributed by atoms with Gasteiger partial charge in [0.15, 0.2) is 11.6 Å². The molecule has 0 aliphatic rings. The van der Waals surface area contributed by atoms with Gasteiger partial charge in [0, 0.05) is 0 Å². The molecule has 1 heterocycles. The number of rotatable bonds is 2. The van der Waals surface area contributed by atoms with E-state index in [1.165, 1.54) is 11.3 Å². The van der Waals surface area contributed by atoms with Crippen molar-refractivity contribution in [3.63, 3.8) is 0 Å². The largest absolute Gasteiger partial charge is 0.491 e. The van der Waals surface area contributed by atoms with Gasteiger partial charge in [-0.25, -0.2) is 4.39 Å². The van der Waals surface area contributed by atoms with Crippen LogP contribution < -0.4 is 4.74 Å². The molecule has 0 atom stereocenters. The quantitative estimate of drug-likeness (QED) is 0.755. The molecule has 0 aliphatic heterocycles. The monoisotopic (exact) mass is 230 g/mol. The van der Waals surface area contributed by atoms with Gasteiger partial charge < -0.3 is 4.74 Å². The molecule has 0 spiro atoms. The lowest BCUT2D eigenvalue weighted by Gasteiger charge is -2.06. The molecular weight excluding hydrogens is 223 g/mol. The second-order valence-corrected chi connectivity index (χ2v) is 4.07. The van der Waals surface area contributed by atoms with Crippen LogP contribution >= 0.6 is 22.9 Å². The molecule has 0 bridgehead atoms. The average Bonchev–Trinajstić information content (AvgIpc) is 2.62. The summed E-state index contributed by atoms with van der Waals surface area (Å²) in [5.41, 5.74) is 0. The van der Waals surface area contributed by atoms with Gasteiger partial charge in [-0.15, -0.1) is 11.3 Å². The molecule has 1 aromatic carbocycles. The number of hydrogen-bond acceptors (Lipinski definition) is 2. The number of hydrogen-bond donors (Lipinski definition) is 0. The molecule has 0 saturated carbocycles. The predicted octanol–water partition coefficient (Wildman–Crippen LogP) is 4.09. The van der Waals surface area contributed by atoms with Crippen LogP contribution in [0, 0.1) is 5.82 Å². The molecule has 0 fully saturated rings. The minimum absolute atomic E-state index is 0.154. The van der Waals surface area contributed by atoms with E-state index in [4.69, 9.17) is 16.3 Å². The van der Waals surface area contributed by atoms with Crippen molar-refractivity contribution < 1.29 is 9.13 Å². The lowest BCUT2D eigenvalue weighted by molar-refractivity contribution is 0.322. The van der Waals surface area contributed by atoms with Gasteiger partial charge in [-0.3, -0.25) is 0 Å². The summed E-state index contributed by atoms with van der Waals surface area (Å²) < 4.78 is 19.5. The van der Waals surface area contributed by atoms with Gasteiger partial charge in [0.2, 0.25) is 0 Å². The van der Waals surface area contributed by atoms with E-state index in [0.29, 0.717) is 6.61 Å². The minimum Gasteiger partial charge on any atom is -0.491 e. The molecule has 0 N–H and O–H groups in total. The Morgan fingerprint density at radius 1 is 1.57 bits per heavy atom. The zero-order chi connectivity index (χ0) is 10.1. The smallest absolute Gasteiger partial charge is 0.185 e. The third kappa shape index (κ3) is 1.47. The first-order valence-electron chi connectivity index (χ1n) is 4.22. The Morgan fingerprint density at radius 2 is 2.36 bits per heavy atom. The Balaban J connectivity index is 2.67. The van der Waals surface area contributed by atoms with E-state index in [1.54, 1.807) is 6.07 Å². The third-order valence-electron chi connectivity index (χ3n) is 1.89. The van der Waals surface area contributed by atoms with E-state index < -0.39 is 5.82 Å². The minimum atomic E-state index is -0.469. The highest BCUT2D eigenvalue weighted by molar-refractivity contribution is 7.17. The number of fused-ring (bicyclic) bond motifs is 1. The second-order valence-electron chi connectivity index (χ2n) is 2.77. The molecule has 1 nitrogen and oxygen atoms in total. The third-order valence-corrected chi connectivity index (χ3v) is 3.31. The number of halogens is 2. The van der Waals surface area contributed by atoms with Gasteiger partial charge in [0.05, 0.1) is 16.3 Å². The summed E-state index contributed by atoms with van der Waals surface area (Å²) in [6, 6.07) is 3.57. The first kappa shape index (κ1) is 9.74. The van der Waals surface area contributed by atoms with E-state index >= 15 is 0 Å². The van der Waals surface area contributed by atoms with Crippen molar-refractivity contribution in [2.75, 3.05) is 6.61 Å². The van der Waals surface area contributed by atoms with Crippen LogP contribution in [0.1, 0.15) is 6.92 Å². The highest BCUT2D eigenvalue weighted by atomic mass is 35.5. The normalized spacial score (nSPS) is 10.8. The van der Waals surface area contributed by atoms with Gasteiger partial charge in [-0.1, -0.05) is 11.6 Å². The van der Waals surface area contributed by atoms with E-state index in [-0.39, 0.29) is 10.8 Å². The first-order chi connectivity index (χ1) is 6.74. The lowest BCUT2D eigenvalue weighted by Crippen LogP contribution is -1.94. The summed E-state index contributed by atoms with van der Waals surface area (Å²) >= 11 is 7.29. The fourth-order valence-electron chi connectivity index (χ4n) is 1.28. The predicted molar refractivity (Wildman–Crippen MR) is 58.0 cm³/mol. The first-order valence-corrected chi connectivity index (χ1v) is 5.47. The summed E-state index contributed by atoms with van der Waals surface area (Å²) in [4.78, 5) is 0. The van der Waals surface area contributed by atoms with Gasteiger partial charge in [0.25, 0.3) is 0 Å². The Morgan fingerprint density at radius 3 is 3.07 bits per heavy atom. The topological polar surface area (TPSA) is 9.23 Å². The van der Waals surface area contributed by atoms with Crippen molar-refractivity contribution in [3.05, 3.63) is 28.4 Å². The van der Waals surface area contributed by atoms with Crippen LogP contribution in [-0.2, 0) is 0 Å². The van der Waals surface area contributed by atoms with Crippen molar-refractivity contribution >= 4 is 33.0 Å². The highest BCUT2D eigenvalue weighted by Crippen LogP contribution is 2.36. The molecule has 0 amide bonds. The molecule has 74 valence electrons. The van der Waals surface area contributed by atoms with Gasteiger partial charge in [-0.2, -0.15) is 0 Å². The van der Waals surface area contributed by atoms with Crippen LogP contribution in [0.25, 0.3) is 10.1 Å². The number of ether oxygens (including phenoxy) is 1. The lowest BCUT2D eigenvalue weighted by atomic mass is 10.2. The van der Waals surface area contributed by atoms with Crippen LogP contribution in [0.5, 0.6) is 5.75 Å². The van der Waals surface area contributed by atoms with E-state index in [0.717, 1.165) is 10.1 Å². The van der Waals surface area contributed by atoms with Crippen molar-refractivity contribution in [2.45, 2.75) is 6.92 Å². The number of benzene rings is 1. The summed E-state index contributed by atoms with van der Waals surface area (Å²) in [6.45, 7) is 2.24. The fourth-order valence-corrected chi connectivity index (χ4v) is 2.43. The molecule has 1 aromatic heterocycles. The van der Waals surface area contributed by atoms with Crippen molar-refractivity contribution in [3.8, 4) is 5.75 Å². The Labute approximate surface area is 90.1 Å². The summed E-state index contributed by atoms with van der Waals surface area (Å²) in [5.74, 6) is -0.244. The molecule has 2 rings (SSSR count). The average molecular weight is 231 g/mol. The van der Waals surface area contributed by atoms with Crippen LogP contribution in [0.15, 0.2) is 17.5 Å². The maximum Gasteiger partial charge on any atom is 0.185 e. The second kappa shape index (κ2) is 3.75. The van der Waals surface area contributed by atoms with Crippen molar-refractivity contribution in [1.29, 1.82) is 0 Å². The van der Waals surface area contributed by atoms with Crippen LogP contribution in [-0.4, -0.2) is 6.61 Å². The van der Waals surface area contributed by atoms with Crippen LogP contribution in [0.4, 0.5) is 4.39 Å². The molecule has 2 aromatic rings. The Kier molecular flexibility index (Phi) is 2.61. The Hall–Kier alpha value is -0.800. The van der Waals surface area contributed by atoms with Crippen molar-refractivity contribution in [1.82, 2.24) is 0 Å². The Bertz CT molecular complexity index is 466.